The Morgan fingerprint density at radius 1 is 1.32 bits per heavy atom. The fourth-order valence-electron chi connectivity index (χ4n) is 1.95. The summed E-state index contributed by atoms with van der Waals surface area (Å²) in [7, 11) is 0. The van der Waals surface area contributed by atoms with Gasteiger partial charge in [-0.15, -0.1) is 0 Å². The molecule has 0 amide bonds. The normalized spacial score (nSPS) is 13.9. The number of benzene rings is 1. The smallest absolute Gasteiger partial charge is 0.152 e. The van der Waals surface area contributed by atoms with Gasteiger partial charge in [0.15, 0.2) is 5.82 Å². The summed E-state index contributed by atoms with van der Waals surface area (Å²) in [5.74, 6) is 1.92. The molecule has 0 unspecified atom stereocenters. The van der Waals surface area contributed by atoms with E-state index in [9.17, 15) is 0 Å². The van der Waals surface area contributed by atoms with Crippen molar-refractivity contribution >= 4 is 11.5 Å². The Morgan fingerprint density at radius 3 is 2.79 bits per heavy atom. The lowest BCUT2D eigenvalue weighted by molar-refractivity contribution is 0.926. The Kier molecular flexibility index (Phi) is 2.88. The second-order valence-corrected chi connectivity index (χ2v) is 4.82. The number of hydrogen-bond acceptors (Lipinski definition) is 4. The molecule has 1 aromatic heterocycles. The van der Waals surface area contributed by atoms with E-state index in [4.69, 9.17) is 5.26 Å². The number of aryl methyl sites for hydroxylation is 1. The van der Waals surface area contributed by atoms with Crippen LogP contribution >= 0.6 is 0 Å². The zero-order valence-corrected chi connectivity index (χ0v) is 10.7. The topological polar surface area (TPSA) is 61.6 Å². The number of para-hydroxylation sites is 1. The van der Waals surface area contributed by atoms with Crippen LogP contribution in [0.5, 0.6) is 0 Å². The van der Waals surface area contributed by atoms with Crippen molar-refractivity contribution in [1.29, 1.82) is 5.26 Å². The Bertz CT molecular complexity index is 653. The molecule has 4 nitrogen and oxygen atoms in total. The molecule has 1 aliphatic carbocycles. The van der Waals surface area contributed by atoms with Crippen molar-refractivity contribution in [2.45, 2.75) is 25.7 Å². The van der Waals surface area contributed by atoms with Crippen LogP contribution in [0.25, 0.3) is 0 Å². The Balaban J connectivity index is 1.97. The first kappa shape index (κ1) is 11.7. The first-order valence-corrected chi connectivity index (χ1v) is 6.37. The Morgan fingerprint density at radius 2 is 2.11 bits per heavy atom. The third kappa shape index (κ3) is 2.41. The van der Waals surface area contributed by atoms with Crippen molar-refractivity contribution < 1.29 is 0 Å². The minimum atomic E-state index is 0.477. The largest absolute Gasteiger partial charge is 0.339 e. The molecule has 1 aromatic carbocycles. The molecule has 0 saturated heterocycles. The number of nitrogens with zero attached hydrogens (tertiary/aromatic N) is 3. The second-order valence-electron chi connectivity index (χ2n) is 4.82. The minimum Gasteiger partial charge on any atom is -0.339 e. The fraction of sp³-hybridized carbons (Fsp3) is 0.267. The van der Waals surface area contributed by atoms with E-state index in [1.54, 1.807) is 6.20 Å². The lowest BCUT2D eigenvalue weighted by Gasteiger charge is -2.10. The molecule has 0 atom stereocenters. The van der Waals surface area contributed by atoms with E-state index in [2.05, 4.69) is 21.4 Å². The van der Waals surface area contributed by atoms with E-state index < -0.39 is 0 Å². The third-order valence-electron chi connectivity index (χ3n) is 3.27. The number of rotatable bonds is 3. The molecular weight excluding hydrogens is 236 g/mol. The standard InChI is InChI=1S/C15H14N4/c1-10-4-2-3-5-13(10)18-15-12(8-16)9-17-14(19-15)11-6-7-11/h2-5,9,11H,6-7H2,1H3,(H,17,18,19). The zero-order chi connectivity index (χ0) is 13.2. The highest BCUT2D eigenvalue weighted by atomic mass is 15.0. The molecule has 1 saturated carbocycles. The summed E-state index contributed by atoms with van der Waals surface area (Å²) < 4.78 is 0. The van der Waals surface area contributed by atoms with Crippen LogP contribution in [0, 0.1) is 18.3 Å². The number of hydrogen-bond donors (Lipinski definition) is 1. The molecule has 1 heterocycles. The van der Waals surface area contributed by atoms with Crippen molar-refractivity contribution in [3.63, 3.8) is 0 Å². The van der Waals surface area contributed by atoms with E-state index in [1.807, 2.05) is 31.2 Å². The average molecular weight is 250 g/mol. The molecule has 3 rings (SSSR count). The van der Waals surface area contributed by atoms with Crippen LogP contribution in [0.2, 0.25) is 0 Å². The van der Waals surface area contributed by atoms with Gasteiger partial charge in [-0.25, -0.2) is 9.97 Å². The summed E-state index contributed by atoms with van der Waals surface area (Å²) in [6.45, 7) is 2.03. The molecule has 0 aliphatic heterocycles. The van der Waals surface area contributed by atoms with E-state index >= 15 is 0 Å². The summed E-state index contributed by atoms with van der Waals surface area (Å²) in [6.07, 6.45) is 3.91. The molecular formula is C15H14N4. The fourth-order valence-corrected chi connectivity index (χ4v) is 1.95. The van der Waals surface area contributed by atoms with Crippen molar-refractivity contribution in [2.75, 3.05) is 5.32 Å². The van der Waals surface area contributed by atoms with Gasteiger partial charge in [0.2, 0.25) is 0 Å². The van der Waals surface area contributed by atoms with Gasteiger partial charge < -0.3 is 5.32 Å². The van der Waals surface area contributed by atoms with Gasteiger partial charge in [-0.1, -0.05) is 18.2 Å². The lowest BCUT2D eigenvalue weighted by atomic mass is 10.2. The van der Waals surface area contributed by atoms with Gasteiger partial charge in [-0.05, 0) is 31.4 Å². The van der Waals surface area contributed by atoms with Crippen LogP contribution < -0.4 is 5.32 Å². The van der Waals surface area contributed by atoms with Crippen molar-refractivity contribution in [1.82, 2.24) is 9.97 Å². The molecule has 1 fully saturated rings. The monoisotopic (exact) mass is 250 g/mol. The van der Waals surface area contributed by atoms with E-state index in [0.717, 1.165) is 29.9 Å². The van der Waals surface area contributed by atoms with E-state index in [-0.39, 0.29) is 0 Å². The van der Waals surface area contributed by atoms with Crippen LogP contribution in [0.1, 0.15) is 35.7 Å². The van der Waals surface area contributed by atoms with Gasteiger partial charge in [-0.2, -0.15) is 5.26 Å². The van der Waals surface area contributed by atoms with Gasteiger partial charge in [-0.3, -0.25) is 0 Å². The van der Waals surface area contributed by atoms with Gasteiger partial charge in [0.25, 0.3) is 0 Å². The summed E-state index contributed by atoms with van der Waals surface area (Å²) >= 11 is 0. The molecule has 0 spiro atoms. The van der Waals surface area contributed by atoms with Crippen molar-refractivity contribution in [2.24, 2.45) is 0 Å². The highest BCUT2D eigenvalue weighted by Gasteiger charge is 2.27. The van der Waals surface area contributed by atoms with Crippen LogP contribution in [0.3, 0.4) is 0 Å². The molecule has 94 valence electrons. The summed E-state index contributed by atoms with van der Waals surface area (Å²) in [4.78, 5) is 8.76. The zero-order valence-electron chi connectivity index (χ0n) is 10.7. The summed E-state index contributed by atoms with van der Waals surface area (Å²) in [6, 6.07) is 10.1. The Labute approximate surface area is 112 Å². The minimum absolute atomic E-state index is 0.477. The maximum absolute atomic E-state index is 9.14. The lowest BCUT2D eigenvalue weighted by Crippen LogP contribution is -2.02. The van der Waals surface area contributed by atoms with Crippen LogP contribution in [-0.2, 0) is 0 Å². The molecule has 4 heteroatoms. The van der Waals surface area contributed by atoms with Gasteiger partial charge in [0, 0.05) is 11.6 Å². The highest BCUT2D eigenvalue weighted by Crippen LogP contribution is 2.38. The predicted molar refractivity (Wildman–Crippen MR) is 73.2 cm³/mol. The number of anilines is 2. The van der Waals surface area contributed by atoms with Crippen molar-refractivity contribution in [3.8, 4) is 6.07 Å². The number of nitrogens with one attached hydrogen (secondary N) is 1. The molecule has 1 aliphatic rings. The summed E-state index contributed by atoms with van der Waals surface area (Å²) in [5, 5.41) is 12.4. The number of aromatic nitrogens is 2. The quantitative estimate of drug-likeness (QED) is 0.908. The SMILES string of the molecule is Cc1ccccc1Nc1nc(C2CC2)ncc1C#N. The van der Waals surface area contributed by atoms with Crippen LogP contribution in [0.15, 0.2) is 30.5 Å². The first-order valence-electron chi connectivity index (χ1n) is 6.37. The first-order chi connectivity index (χ1) is 9.28. The average Bonchev–Trinajstić information content (AvgIpc) is 3.26. The van der Waals surface area contributed by atoms with Crippen molar-refractivity contribution in [3.05, 3.63) is 47.4 Å². The predicted octanol–water partition coefficient (Wildman–Crippen LogP) is 3.28. The molecule has 19 heavy (non-hydrogen) atoms. The van der Waals surface area contributed by atoms with Crippen LogP contribution in [-0.4, -0.2) is 9.97 Å². The molecule has 0 radical (unpaired) electrons. The highest BCUT2D eigenvalue weighted by molar-refractivity contribution is 5.64. The molecule has 0 bridgehead atoms. The second kappa shape index (κ2) is 4.69. The van der Waals surface area contributed by atoms with E-state index in [0.29, 0.717) is 17.3 Å². The van der Waals surface area contributed by atoms with E-state index in [1.165, 1.54) is 0 Å². The molecule has 1 N–H and O–H groups in total. The number of nitriles is 1. The third-order valence-corrected chi connectivity index (χ3v) is 3.27. The maximum atomic E-state index is 9.14. The van der Waals surface area contributed by atoms with Crippen LogP contribution in [0.4, 0.5) is 11.5 Å². The van der Waals surface area contributed by atoms with Gasteiger partial charge in [0.1, 0.15) is 17.5 Å². The van der Waals surface area contributed by atoms with Gasteiger partial charge >= 0.3 is 0 Å². The molecule has 2 aromatic rings. The summed E-state index contributed by atoms with van der Waals surface area (Å²) in [5.41, 5.74) is 2.57. The maximum Gasteiger partial charge on any atom is 0.152 e. The Hall–Kier alpha value is -2.41. The van der Waals surface area contributed by atoms with Gasteiger partial charge in [0.05, 0.1) is 6.20 Å².